The Morgan fingerprint density at radius 3 is 2.49 bits per heavy atom. The van der Waals surface area contributed by atoms with Crippen LogP contribution in [0.1, 0.15) is 47.4 Å². The number of aryl methyl sites for hydroxylation is 1. The van der Waals surface area contributed by atoms with Crippen LogP contribution in [0.3, 0.4) is 0 Å². The van der Waals surface area contributed by atoms with Crippen molar-refractivity contribution in [3.05, 3.63) is 76.0 Å². The quantitative estimate of drug-likeness (QED) is 0.434. The summed E-state index contributed by atoms with van der Waals surface area (Å²) in [5.74, 6) is -0.473. The van der Waals surface area contributed by atoms with E-state index in [0.29, 0.717) is 23.6 Å². The summed E-state index contributed by atoms with van der Waals surface area (Å²) < 4.78 is 24.8. The van der Waals surface area contributed by atoms with Crippen LogP contribution in [0, 0.1) is 5.92 Å². The number of imidazole rings is 1. The molecule has 41 heavy (non-hydrogen) atoms. The van der Waals surface area contributed by atoms with Crippen LogP contribution in [0.25, 0.3) is 0 Å². The number of ketones is 2. The minimum Gasteiger partial charge on any atom is -0.496 e. The number of benzene rings is 2. The van der Waals surface area contributed by atoms with Crippen molar-refractivity contribution in [2.75, 3.05) is 14.2 Å². The van der Waals surface area contributed by atoms with Gasteiger partial charge < -0.3 is 28.8 Å². The third-order valence-corrected chi connectivity index (χ3v) is 8.49. The van der Waals surface area contributed by atoms with Crippen molar-refractivity contribution in [3.8, 4) is 23.0 Å². The molecule has 0 fully saturated rings. The fraction of sp³-hybridized carbons (Fsp3) is 0.333. The van der Waals surface area contributed by atoms with E-state index in [4.69, 9.17) is 30.5 Å². The van der Waals surface area contributed by atoms with Gasteiger partial charge in [0.05, 0.1) is 14.2 Å². The highest BCUT2D eigenvalue weighted by Crippen LogP contribution is 2.55. The van der Waals surface area contributed by atoms with Gasteiger partial charge in [-0.05, 0) is 24.1 Å². The highest BCUT2D eigenvalue weighted by molar-refractivity contribution is 6.36. The van der Waals surface area contributed by atoms with Crippen molar-refractivity contribution in [1.29, 1.82) is 0 Å². The van der Waals surface area contributed by atoms with Crippen molar-refractivity contribution >= 4 is 29.1 Å². The lowest BCUT2D eigenvalue weighted by Crippen LogP contribution is -2.59. The maximum Gasteiger partial charge on any atom is 0.236 e. The van der Waals surface area contributed by atoms with Gasteiger partial charge in [0.1, 0.15) is 40.3 Å². The number of nitrogens with one attached hydrogen (secondary N) is 1. The third-order valence-electron chi connectivity index (χ3n) is 8.13. The first kappa shape index (κ1) is 26.9. The highest BCUT2D eigenvalue weighted by atomic mass is 35.5. The number of Topliss-reactive ketones (excluding diaryl/α,β-unsaturated/α-hetero) is 2. The molecule has 11 heteroatoms. The number of amides is 1. The minimum absolute atomic E-state index is 0.0432. The number of hydrogen-bond acceptors (Lipinski definition) is 8. The number of rotatable bonds is 6. The van der Waals surface area contributed by atoms with Crippen LogP contribution in [-0.4, -0.2) is 46.8 Å². The molecule has 0 saturated carbocycles. The molecule has 3 heterocycles. The molecule has 0 radical (unpaired) electrons. The predicted octanol–water partition coefficient (Wildman–Crippen LogP) is 4.15. The van der Waals surface area contributed by atoms with Gasteiger partial charge in [-0.3, -0.25) is 14.4 Å². The van der Waals surface area contributed by atoms with Crippen molar-refractivity contribution < 1.29 is 33.3 Å². The first-order valence-electron chi connectivity index (χ1n) is 13.1. The van der Waals surface area contributed by atoms with E-state index < -0.39 is 29.0 Å². The second kappa shape index (κ2) is 9.95. The van der Waals surface area contributed by atoms with E-state index in [9.17, 15) is 14.4 Å². The number of fused-ring (bicyclic) bond motifs is 1. The topological polar surface area (TPSA) is 118 Å². The van der Waals surface area contributed by atoms with Crippen molar-refractivity contribution in [2.45, 2.75) is 37.9 Å². The molecule has 1 N–H and O–H groups in total. The second-order valence-corrected chi connectivity index (χ2v) is 10.8. The number of carbonyl (C=O) groups excluding carboxylic acids is 3. The van der Waals surface area contributed by atoms with E-state index in [1.165, 1.54) is 20.3 Å². The van der Waals surface area contributed by atoms with Gasteiger partial charge in [-0.2, -0.15) is 0 Å². The zero-order valence-corrected chi connectivity index (χ0v) is 23.7. The van der Waals surface area contributed by atoms with Crippen LogP contribution in [-0.2, 0) is 23.2 Å². The zero-order chi connectivity index (χ0) is 29.1. The van der Waals surface area contributed by atoms with Crippen LogP contribution >= 0.6 is 11.6 Å². The summed E-state index contributed by atoms with van der Waals surface area (Å²) in [6.45, 7) is 2.05. The average molecular weight is 578 g/mol. The van der Waals surface area contributed by atoms with Gasteiger partial charge in [-0.1, -0.05) is 30.7 Å². The van der Waals surface area contributed by atoms with Crippen LogP contribution < -0.4 is 24.3 Å². The average Bonchev–Trinajstić information content (AvgIpc) is 3.52. The Morgan fingerprint density at radius 2 is 1.83 bits per heavy atom. The second-order valence-electron chi connectivity index (χ2n) is 10.4. The van der Waals surface area contributed by atoms with Crippen LogP contribution in [0.2, 0.25) is 5.02 Å². The molecular formula is C30H28ClN3O7. The molecule has 2 aliphatic heterocycles. The van der Waals surface area contributed by atoms with Gasteiger partial charge in [0.25, 0.3) is 0 Å². The minimum atomic E-state index is -1.85. The molecule has 0 saturated heterocycles. The molecule has 0 unspecified atom stereocenters. The van der Waals surface area contributed by atoms with Crippen LogP contribution in [0.4, 0.5) is 0 Å². The molecule has 2 aromatic carbocycles. The molecule has 1 aromatic heterocycles. The summed E-state index contributed by atoms with van der Waals surface area (Å²) in [7, 11) is 4.75. The summed E-state index contributed by atoms with van der Waals surface area (Å²) in [4.78, 5) is 45.6. The van der Waals surface area contributed by atoms with E-state index in [2.05, 4.69) is 10.3 Å². The molecule has 10 nitrogen and oxygen atoms in total. The number of allylic oxidation sites excluding steroid dienone is 1. The van der Waals surface area contributed by atoms with E-state index in [1.54, 1.807) is 25.3 Å². The monoisotopic (exact) mass is 577 g/mol. The zero-order valence-electron chi connectivity index (χ0n) is 22.9. The highest BCUT2D eigenvalue weighted by Gasteiger charge is 2.63. The number of ether oxygens (including phenoxy) is 4. The number of methoxy groups -OCH3 is 2. The number of halogens is 1. The Labute approximate surface area is 241 Å². The summed E-state index contributed by atoms with van der Waals surface area (Å²) in [6, 6.07) is 8.75. The number of aromatic nitrogens is 2. The SMILES string of the molecule is COc1cc(OC)c2c(c1Cl)O[C@@]1(C(=O)C3=C(C[C@H]1C)NC(=O)C[C@H]3c1ccc(OCc3nccn3C)cc1)C2=O. The van der Waals surface area contributed by atoms with Gasteiger partial charge in [0.15, 0.2) is 5.75 Å². The van der Waals surface area contributed by atoms with Crippen molar-refractivity contribution in [1.82, 2.24) is 14.9 Å². The lowest BCUT2D eigenvalue weighted by Gasteiger charge is -2.41. The van der Waals surface area contributed by atoms with E-state index in [0.717, 1.165) is 11.4 Å². The van der Waals surface area contributed by atoms with Crippen molar-refractivity contribution in [3.63, 3.8) is 0 Å². The predicted molar refractivity (Wildman–Crippen MR) is 148 cm³/mol. The summed E-state index contributed by atoms with van der Waals surface area (Å²) in [5.41, 5.74) is -0.140. The van der Waals surface area contributed by atoms with E-state index in [-0.39, 0.29) is 46.6 Å². The molecule has 1 spiro atoms. The molecule has 1 aliphatic carbocycles. The van der Waals surface area contributed by atoms with Gasteiger partial charge >= 0.3 is 0 Å². The number of carbonyl (C=O) groups is 3. The first-order valence-corrected chi connectivity index (χ1v) is 13.5. The maximum atomic E-state index is 14.5. The molecule has 212 valence electrons. The Bertz CT molecular complexity index is 1630. The number of nitrogens with zero attached hydrogens (tertiary/aromatic N) is 2. The standard InChI is InChI=1S/C30H28ClN3O7/c1-15-11-19-24(28(36)30(15)29(37)25-20(38-3)13-21(39-4)26(31)27(25)41-30)18(12-23(35)33-19)16-5-7-17(8-6-16)40-14-22-32-9-10-34(22)2/h5-10,13,15,18H,11-12,14H2,1-4H3,(H,33,35)/t15-,18+,30+/m1/s1. The Balaban J connectivity index is 1.35. The lowest BCUT2D eigenvalue weighted by atomic mass is 9.66. The Morgan fingerprint density at radius 1 is 1.10 bits per heavy atom. The van der Waals surface area contributed by atoms with Gasteiger partial charge in [-0.25, -0.2) is 4.98 Å². The fourth-order valence-corrected chi connectivity index (χ4v) is 6.22. The summed E-state index contributed by atoms with van der Waals surface area (Å²) >= 11 is 6.55. The smallest absolute Gasteiger partial charge is 0.236 e. The van der Waals surface area contributed by atoms with E-state index in [1.807, 2.05) is 29.9 Å². The number of hydrogen-bond donors (Lipinski definition) is 1. The molecule has 6 rings (SSSR count). The van der Waals surface area contributed by atoms with Crippen LogP contribution in [0.5, 0.6) is 23.0 Å². The Kier molecular flexibility index (Phi) is 6.53. The third kappa shape index (κ3) is 4.08. The van der Waals surface area contributed by atoms with Gasteiger partial charge in [-0.15, -0.1) is 0 Å². The largest absolute Gasteiger partial charge is 0.496 e. The molecule has 3 aromatic rings. The van der Waals surface area contributed by atoms with Gasteiger partial charge in [0.2, 0.25) is 23.1 Å². The summed E-state index contributed by atoms with van der Waals surface area (Å²) in [6.07, 6.45) is 3.84. The molecule has 1 amide bonds. The molecular weight excluding hydrogens is 550 g/mol. The lowest BCUT2D eigenvalue weighted by molar-refractivity contribution is -0.131. The first-order chi connectivity index (χ1) is 19.7. The van der Waals surface area contributed by atoms with Crippen LogP contribution in [0.15, 0.2) is 54.0 Å². The normalized spacial score (nSPS) is 23.2. The van der Waals surface area contributed by atoms with E-state index >= 15 is 0 Å². The Hall–Kier alpha value is -4.31. The molecule has 0 bridgehead atoms. The summed E-state index contributed by atoms with van der Waals surface area (Å²) in [5, 5.41) is 2.96. The molecule has 3 aliphatic rings. The maximum absolute atomic E-state index is 14.5. The van der Waals surface area contributed by atoms with Crippen molar-refractivity contribution in [2.24, 2.45) is 13.0 Å². The fourth-order valence-electron chi connectivity index (χ4n) is 5.95. The van der Waals surface area contributed by atoms with Gasteiger partial charge in [0, 0.05) is 55.0 Å². The molecule has 3 atom stereocenters.